The number of aryl methyl sites for hydroxylation is 1. The lowest BCUT2D eigenvalue weighted by Gasteiger charge is -2.06. The summed E-state index contributed by atoms with van der Waals surface area (Å²) < 4.78 is 31.3. The fourth-order valence-electron chi connectivity index (χ4n) is 1.28. The Kier molecular flexibility index (Phi) is 3.67. The van der Waals surface area contributed by atoms with Gasteiger partial charge in [0.05, 0.1) is 0 Å². The molecular weight excluding hydrogens is 248 g/mol. The Labute approximate surface area is 96.3 Å². The molecule has 0 aliphatic rings. The van der Waals surface area contributed by atoms with Crippen LogP contribution in [-0.4, -0.2) is 25.1 Å². The summed E-state index contributed by atoms with van der Waals surface area (Å²) in [5.74, 6) is 0. The molecule has 0 radical (unpaired) electrons. The van der Waals surface area contributed by atoms with Gasteiger partial charge >= 0.3 is 0 Å². The van der Waals surface area contributed by atoms with E-state index in [0.29, 0.717) is 0 Å². The summed E-state index contributed by atoms with van der Waals surface area (Å²) in [6.45, 7) is 1.39. The molecule has 0 heterocycles. The second-order valence-corrected chi connectivity index (χ2v) is 4.32. The van der Waals surface area contributed by atoms with Gasteiger partial charge in [-0.3, -0.25) is 4.55 Å². The molecule has 1 rings (SSSR count). The first-order chi connectivity index (χ1) is 7.91. The minimum Gasteiger partial charge on any atom is -0.282 e. The highest BCUT2D eigenvalue weighted by molar-refractivity contribution is 7.86. The number of aliphatic imine (C=N–C) groups is 2. The van der Waals surface area contributed by atoms with E-state index in [2.05, 4.69) is 9.98 Å². The van der Waals surface area contributed by atoms with E-state index in [-0.39, 0.29) is 11.3 Å². The Bertz CT molecular complexity index is 652. The maximum Gasteiger partial charge on any atom is 0.297 e. The van der Waals surface area contributed by atoms with Crippen LogP contribution in [0.1, 0.15) is 5.56 Å². The fourth-order valence-corrected chi connectivity index (χ4v) is 2.15. The summed E-state index contributed by atoms with van der Waals surface area (Å²) in [5, 5.41) is 0. The number of hydrogen-bond acceptors (Lipinski definition) is 6. The lowest BCUT2D eigenvalue weighted by molar-refractivity contribution is 0.483. The Hall–Kier alpha value is -2.11. The van der Waals surface area contributed by atoms with E-state index >= 15 is 0 Å². The van der Waals surface area contributed by atoms with Crippen LogP contribution in [0.15, 0.2) is 27.0 Å². The van der Waals surface area contributed by atoms with E-state index in [1.807, 2.05) is 0 Å². The third-order valence-electron chi connectivity index (χ3n) is 1.89. The van der Waals surface area contributed by atoms with Crippen LogP contribution in [0.3, 0.4) is 0 Å². The van der Waals surface area contributed by atoms with Gasteiger partial charge in [0, 0.05) is 0 Å². The van der Waals surface area contributed by atoms with Crippen LogP contribution >= 0.6 is 0 Å². The third-order valence-corrected chi connectivity index (χ3v) is 2.92. The number of nitrogens with zero attached hydrogens (tertiary/aromatic N) is 2. The molecule has 0 spiro atoms. The van der Waals surface area contributed by atoms with Gasteiger partial charge in [-0.25, -0.2) is 9.59 Å². The van der Waals surface area contributed by atoms with Crippen molar-refractivity contribution in [2.24, 2.45) is 9.98 Å². The average molecular weight is 254 g/mol. The first-order valence-corrected chi connectivity index (χ1v) is 5.62. The Morgan fingerprint density at radius 3 is 2.24 bits per heavy atom. The van der Waals surface area contributed by atoms with Crippen LogP contribution in [0.25, 0.3) is 0 Å². The molecule has 0 unspecified atom stereocenters. The number of isocyanates is 2. The van der Waals surface area contributed by atoms with Crippen molar-refractivity contribution in [1.29, 1.82) is 0 Å². The third kappa shape index (κ3) is 2.72. The van der Waals surface area contributed by atoms with E-state index in [0.717, 1.165) is 6.08 Å². The summed E-state index contributed by atoms with van der Waals surface area (Å²) in [6.07, 6.45) is 2.32. The predicted octanol–water partition coefficient (Wildman–Crippen LogP) is 1.18. The second-order valence-electron chi connectivity index (χ2n) is 2.96. The van der Waals surface area contributed by atoms with Crippen LogP contribution in [-0.2, 0) is 19.7 Å². The zero-order valence-corrected chi connectivity index (χ0v) is 9.35. The normalized spacial score (nSPS) is 10.2. The molecule has 1 aromatic carbocycles. The lowest BCUT2D eigenvalue weighted by Crippen LogP contribution is -2.01. The van der Waals surface area contributed by atoms with Gasteiger partial charge in [0.2, 0.25) is 12.2 Å². The molecule has 0 saturated carbocycles. The summed E-state index contributed by atoms with van der Waals surface area (Å²) in [4.78, 5) is 26.1. The van der Waals surface area contributed by atoms with Crippen molar-refractivity contribution in [3.05, 3.63) is 17.7 Å². The zero-order chi connectivity index (χ0) is 13.1. The van der Waals surface area contributed by atoms with Gasteiger partial charge in [0.25, 0.3) is 10.1 Å². The topological polar surface area (TPSA) is 113 Å². The smallest absolute Gasteiger partial charge is 0.282 e. The van der Waals surface area contributed by atoms with Gasteiger partial charge in [-0.05, 0) is 18.6 Å². The highest BCUT2D eigenvalue weighted by Gasteiger charge is 2.21. The summed E-state index contributed by atoms with van der Waals surface area (Å²) in [6, 6.07) is 2.58. The minimum absolute atomic E-state index is 0.159. The molecule has 0 amide bonds. The van der Waals surface area contributed by atoms with Gasteiger partial charge < -0.3 is 0 Å². The Balaban J connectivity index is 3.85. The van der Waals surface area contributed by atoms with Gasteiger partial charge in [0.15, 0.2) is 0 Å². The first-order valence-electron chi connectivity index (χ1n) is 4.18. The maximum absolute atomic E-state index is 11.1. The van der Waals surface area contributed by atoms with Crippen LogP contribution in [0, 0.1) is 6.92 Å². The Morgan fingerprint density at radius 1 is 1.18 bits per heavy atom. The standard InChI is InChI=1S/C9H6N2O5S/c1-6-2-3-7(10-4-12)8(11-5-13)9(6)17(14,15)16/h2-3H,1H3,(H,14,15,16). The molecule has 1 N–H and O–H groups in total. The lowest BCUT2D eigenvalue weighted by atomic mass is 10.2. The molecule has 1 aromatic rings. The summed E-state index contributed by atoms with van der Waals surface area (Å²) in [7, 11) is -4.59. The highest BCUT2D eigenvalue weighted by atomic mass is 32.2. The second kappa shape index (κ2) is 4.82. The van der Waals surface area contributed by atoms with E-state index < -0.39 is 20.7 Å². The zero-order valence-electron chi connectivity index (χ0n) is 8.54. The molecule has 7 nitrogen and oxygen atoms in total. The van der Waals surface area contributed by atoms with Crippen LogP contribution in [0.5, 0.6) is 0 Å². The van der Waals surface area contributed by atoms with Crippen LogP contribution in [0.4, 0.5) is 11.4 Å². The van der Waals surface area contributed by atoms with Crippen molar-refractivity contribution >= 4 is 33.7 Å². The van der Waals surface area contributed by atoms with Gasteiger partial charge in [-0.2, -0.15) is 18.4 Å². The van der Waals surface area contributed by atoms with E-state index in [1.165, 1.54) is 25.1 Å². The molecule has 0 aliphatic carbocycles. The van der Waals surface area contributed by atoms with Crippen molar-refractivity contribution in [2.75, 3.05) is 0 Å². The minimum atomic E-state index is -4.59. The molecule has 88 valence electrons. The van der Waals surface area contributed by atoms with Crippen molar-refractivity contribution < 1.29 is 22.6 Å². The van der Waals surface area contributed by atoms with Crippen molar-refractivity contribution in [2.45, 2.75) is 11.8 Å². The van der Waals surface area contributed by atoms with Crippen molar-refractivity contribution in [3.8, 4) is 0 Å². The highest BCUT2D eigenvalue weighted by Crippen LogP contribution is 2.36. The van der Waals surface area contributed by atoms with Gasteiger partial charge in [-0.1, -0.05) is 6.07 Å². The van der Waals surface area contributed by atoms with Crippen molar-refractivity contribution in [3.63, 3.8) is 0 Å². The summed E-state index contributed by atoms with van der Waals surface area (Å²) in [5.41, 5.74) is -0.473. The SMILES string of the molecule is Cc1ccc(N=C=O)c(N=C=O)c1S(=O)(=O)O. The predicted molar refractivity (Wildman–Crippen MR) is 56.6 cm³/mol. The molecular formula is C9H6N2O5S. The van der Waals surface area contributed by atoms with Crippen molar-refractivity contribution in [1.82, 2.24) is 0 Å². The summed E-state index contributed by atoms with van der Waals surface area (Å²) >= 11 is 0. The molecule has 0 atom stereocenters. The average Bonchev–Trinajstić information content (AvgIpc) is 2.21. The molecule has 0 aliphatic heterocycles. The van der Waals surface area contributed by atoms with E-state index in [9.17, 15) is 18.0 Å². The molecule has 0 saturated heterocycles. The van der Waals surface area contributed by atoms with Gasteiger partial charge in [-0.15, -0.1) is 0 Å². The molecule has 0 aromatic heterocycles. The Morgan fingerprint density at radius 2 is 1.76 bits per heavy atom. The van der Waals surface area contributed by atoms with Crippen LogP contribution in [0.2, 0.25) is 0 Å². The number of benzene rings is 1. The fraction of sp³-hybridized carbons (Fsp3) is 0.111. The monoisotopic (exact) mass is 254 g/mol. The van der Waals surface area contributed by atoms with E-state index in [4.69, 9.17) is 4.55 Å². The molecule has 8 heteroatoms. The maximum atomic E-state index is 11.1. The largest absolute Gasteiger partial charge is 0.297 e. The number of carbonyl (C=O) groups excluding carboxylic acids is 2. The van der Waals surface area contributed by atoms with Gasteiger partial charge in [0.1, 0.15) is 16.3 Å². The molecule has 17 heavy (non-hydrogen) atoms. The first kappa shape index (κ1) is 13.0. The number of rotatable bonds is 3. The van der Waals surface area contributed by atoms with E-state index in [1.54, 1.807) is 0 Å². The van der Waals surface area contributed by atoms with Crippen LogP contribution < -0.4 is 0 Å². The quantitative estimate of drug-likeness (QED) is 0.494. The number of hydrogen-bond donors (Lipinski definition) is 1. The molecule has 0 fully saturated rings. The molecule has 0 bridgehead atoms.